The molecule has 11 nitrogen and oxygen atoms in total. The number of anilines is 1. The topological polar surface area (TPSA) is 152 Å². The number of nitrogen functional groups attached to an aromatic ring is 1. The molecule has 3 heterocycles. The number of halogens is 1. The second kappa shape index (κ2) is 11.5. The average Bonchev–Trinajstić information content (AvgIpc) is 3.49. The van der Waals surface area contributed by atoms with Crippen LogP contribution in [0.5, 0.6) is 0 Å². The third-order valence-electron chi connectivity index (χ3n) is 6.42. The van der Waals surface area contributed by atoms with Crippen LogP contribution in [0.4, 0.5) is 10.2 Å². The van der Waals surface area contributed by atoms with E-state index in [4.69, 9.17) is 26.4 Å². The predicted octanol–water partition coefficient (Wildman–Crippen LogP) is 2.33. The molecule has 0 spiro atoms. The van der Waals surface area contributed by atoms with Crippen molar-refractivity contribution in [1.29, 1.82) is 0 Å². The molecule has 0 bridgehead atoms. The van der Waals surface area contributed by atoms with E-state index in [0.717, 1.165) is 19.3 Å². The Morgan fingerprint density at radius 1 is 1.34 bits per heavy atom. The smallest absolute Gasteiger partial charge is 0.339 e. The quantitative estimate of drug-likeness (QED) is 0.175. The number of imidazole rings is 1. The predicted molar refractivity (Wildman–Crippen MR) is 133 cm³/mol. The molecule has 1 fully saturated rings. The van der Waals surface area contributed by atoms with Gasteiger partial charge in [-0.15, -0.1) is 6.42 Å². The van der Waals surface area contributed by atoms with Crippen molar-refractivity contribution in [1.82, 2.24) is 19.5 Å². The van der Waals surface area contributed by atoms with E-state index in [2.05, 4.69) is 20.9 Å². The van der Waals surface area contributed by atoms with E-state index in [0.29, 0.717) is 5.56 Å². The van der Waals surface area contributed by atoms with E-state index in [1.807, 2.05) is 6.92 Å². The summed E-state index contributed by atoms with van der Waals surface area (Å²) in [7, 11) is 0. The summed E-state index contributed by atoms with van der Waals surface area (Å²) >= 11 is 0. The number of esters is 2. The fourth-order valence-corrected chi connectivity index (χ4v) is 4.35. The van der Waals surface area contributed by atoms with Crippen LogP contribution in [0.2, 0.25) is 0 Å². The standard InChI is InChI=1S/C26H28FN5O6/c1-3-5-6-11-19(34)36-12-16-9-7-8-10-17(16)24(35)38-21-18(13-37-26(21,4-2)14-33)32-15-29-20-22(28)30-25(27)31-23(20)32/h2,7-10,15,18,21,33H,3,5-6,11-14H2,1H3,(H2,28,30,31)/t18-,21+,26-/m1/s1. The van der Waals surface area contributed by atoms with Crippen LogP contribution in [0.3, 0.4) is 0 Å². The van der Waals surface area contributed by atoms with Gasteiger partial charge in [0, 0.05) is 12.0 Å². The number of unbranched alkanes of at least 4 members (excludes halogenated alkanes) is 2. The van der Waals surface area contributed by atoms with Crippen LogP contribution in [0.25, 0.3) is 11.2 Å². The molecule has 0 aliphatic carbocycles. The highest BCUT2D eigenvalue weighted by Gasteiger charge is 2.53. The number of ether oxygens (including phenoxy) is 3. The number of benzene rings is 1. The molecule has 12 heteroatoms. The maximum absolute atomic E-state index is 13.9. The van der Waals surface area contributed by atoms with E-state index in [1.54, 1.807) is 18.2 Å². The van der Waals surface area contributed by atoms with Crippen LogP contribution in [-0.4, -0.2) is 61.5 Å². The molecular weight excluding hydrogens is 497 g/mol. The van der Waals surface area contributed by atoms with Crippen LogP contribution in [0, 0.1) is 18.4 Å². The molecular formula is C26H28FN5O6. The minimum absolute atomic E-state index is 0.0470. The molecule has 1 aliphatic rings. The first-order valence-corrected chi connectivity index (χ1v) is 12.2. The Hall–Kier alpha value is -4.08. The largest absolute Gasteiger partial charge is 0.461 e. The molecule has 200 valence electrons. The Bertz CT molecular complexity index is 1370. The van der Waals surface area contributed by atoms with Gasteiger partial charge in [-0.2, -0.15) is 14.4 Å². The Morgan fingerprint density at radius 3 is 2.87 bits per heavy atom. The molecule has 4 rings (SSSR count). The van der Waals surface area contributed by atoms with Gasteiger partial charge < -0.3 is 29.6 Å². The number of hydrogen-bond donors (Lipinski definition) is 2. The third kappa shape index (κ3) is 5.29. The van der Waals surface area contributed by atoms with Crippen LogP contribution >= 0.6 is 0 Å². The number of aliphatic hydroxyl groups is 1. The van der Waals surface area contributed by atoms with Gasteiger partial charge in [-0.05, 0) is 12.5 Å². The van der Waals surface area contributed by atoms with Crippen molar-refractivity contribution in [2.24, 2.45) is 0 Å². The highest BCUT2D eigenvalue weighted by molar-refractivity contribution is 5.91. The lowest BCUT2D eigenvalue weighted by molar-refractivity contribution is -0.145. The van der Waals surface area contributed by atoms with Gasteiger partial charge in [0.1, 0.15) is 18.2 Å². The first kappa shape index (κ1) is 27.0. The first-order valence-electron chi connectivity index (χ1n) is 12.2. The summed E-state index contributed by atoms with van der Waals surface area (Å²) in [4.78, 5) is 36.9. The van der Waals surface area contributed by atoms with Crippen molar-refractivity contribution in [3.63, 3.8) is 0 Å². The molecule has 1 saturated heterocycles. The first-order chi connectivity index (χ1) is 18.3. The number of aliphatic hydroxyl groups excluding tert-OH is 1. The molecule has 38 heavy (non-hydrogen) atoms. The van der Waals surface area contributed by atoms with Crippen molar-refractivity contribution in [3.05, 3.63) is 47.8 Å². The number of fused-ring (bicyclic) bond motifs is 1. The van der Waals surface area contributed by atoms with E-state index in [1.165, 1.54) is 17.0 Å². The lowest BCUT2D eigenvalue weighted by atomic mass is 9.95. The SMILES string of the molecule is C#C[C@]1(CO)OC[C@@H](n2cnc3c(N)nc(F)nc32)[C@@H]1OC(=O)c1ccccc1COC(=O)CCCCC. The van der Waals surface area contributed by atoms with Crippen LogP contribution < -0.4 is 5.73 Å². The van der Waals surface area contributed by atoms with Crippen molar-refractivity contribution >= 4 is 28.9 Å². The monoisotopic (exact) mass is 525 g/mol. The van der Waals surface area contributed by atoms with Gasteiger partial charge in [0.05, 0.1) is 25.1 Å². The van der Waals surface area contributed by atoms with Crippen molar-refractivity contribution in [3.8, 4) is 12.3 Å². The normalized spacial score (nSPS) is 20.8. The molecule has 2 aromatic heterocycles. The molecule has 3 atom stereocenters. The molecule has 0 amide bonds. The summed E-state index contributed by atoms with van der Waals surface area (Å²) in [5, 5.41) is 10.1. The molecule has 0 unspecified atom stereocenters. The average molecular weight is 526 g/mol. The number of nitrogens with zero attached hydrogens (tertiary/aromatic N) is 4. The number of aromatic nitrogens is 4. The zero-order valence-corrected chi connectivity index (χ0v) is 20.8. The Labute approximate surface area is 218 Å². The highest BCUT2D eigenvalue weighted by Crippen LogP contribution is 2.38. The fraction of sp³-hybridized carbons (Fsp3) is 0.423. The molecule has 1 aromatic carbocycles. The van der Waals surface area contributed by atoms with Gasteiger partial charge in [0.2, 0.25) is 0 Å². The maximum Gasteiger partial charge on any atom is 0.339 e. The second-order valence-electron chi connectivity index (χ2n) is 8.87. The Balaban J connectivity index is 1.60. The van der Waals surface area contributed by atoms with Gasteiger partial charge in [-0.3, -0.25) is 4.79 Å². The molecule has 3 aromatic rings. The lowest BCUT2D eigenvalue weighted by Crippen LogP contribution is -2.46. The Kier molecular flexibility index (Phi) is 8.19. The van der Waals surface area contributed by atoms with Crippen LogP contribution in [-0.2, 0) is 25.6 Å². The van der Waals surface area contributed by atoms with Gasteiger partial charge >= 0.3 is 18.0 Å². The summed E-state index contributed by atoms with van der Waals surface area (Å²) in [6.07, 6.45) is 7.67. The van der Waals surface area contributed by atoms with Crippen molar-refractivity contribution < 1.29 is 33.3 Å². The van der Waals surface area contributed by atoms with Gasteiger partial charge in [-0.1, -0.05) is 43.9 Å². The maximum atomic E-state index is 13.9. The molecule has 0 radical (unpaired) electrons. The summed E-state index contributed by atoms with van der Waals surface area (Å²) in [6, 6.07) is 5.68. The molecule has 0 saturated carbocycles. The molecule has 1 aliphatic heterocycles. The van der Waals surface area contributed by atoms with E-state index >= 15 is 0 Å². The summed E-state index contributed by atoms with van der Waals surface area (Å²) in [5.41, 5.74) is 4.86. The van der Waals surface area contributed by atoms with Gasteiger partial charge in [-0.25, -0.2) is 9.78 Å². The minimum atomic E-state index is -1.69. The van der Waals surface area contributed by atoms with Crippen LogP contribution in [0.15, 0.2) is 30.6 Å². The second-order valence-corrected chi connectivity index (χ2v) is 8.87. The zero-order valence-electron chi connectivity index (χ0n) is 20.8. The van der Waals surface area contributed by atoms with E-state index < -0.39 is 36.4 Å². The third-order valence-corrected chi connectivity index (χ3v) is 6.42. The summed E-state index contributed by atoms with van der Waals surface area (Å²) in [5.74, 6) is 1.09. The zero-order chi connectivity index (χ0) is 27.3. The highest BCUT2D eigenvalue weighted by atomic mass is 19.1. The van der Waals surface area contributed by atoms with E-state index in [-0.39, 0.29) is 48.1 Å². The number of carbonyl (C=O) groups is 2. The summed E-state index contributed by atoms with van der Waals surface area (Å²) < 4.78 is 32.3. The minimum Gasteiger partial charge on any atom is -0.461 e. The lowest BCUT2D eigenvalue weighted by Gasteiger charge is -2.29. The number of hydrogen-bond acceptors (Lipinski definition) is 10. The van der Waals surface area contributed by atoms with Gasteiger partial charge in [0.25, 0.3) is 0 Å². The van der Waals surface area contributed by atoms with Crippen molar-refractivity contribution in [2.45, 2.75) is 57.0 Å². The fourth-order valence-electron chi connectivity index (χ4n) is 4.35. The van der Waals surface area contributed by atoms with Gasteiger partial charge in [0.15, 0.2) is 23.2 Å². The number of carbonyl (C=O) groups excluding carboxylic acids is 2. The number of rotatable bonds is 10. The van der Waals surface area contributed by atoms with E-state index in [9.17, 15) is 19.1 Å². The van der Waals surface area contributed by atoms with Crippen molar-refractivity contribution in [2.75, 3.05) is 18.9 Å². The summed E-state index contributed by atoms with van der Waals surface area (Å²) in [6.45, 7) is 1.15. The molecule has 3 N–H and O–H groups in total. The Morgan fingerprint density at radius 2 is 2.13 bits per heavy atom. The number of nitrogens with two attached hydrogens (primary N) is 1. The van der Waals surface area contributed by atoms with Crippen LogP contribution in [0.1, 0.15) is 54.6 Å². The number of terminal acetylenes is 1.